The maximum Gasteiger partial charge on any atom is 0.150 e. The van der Waals surface area contributed by atoms with Gasteiger partial charge in [0, 0.05) is 6.26 Å². The summed E-state index contributed by atoms with van der Waals surface area (Å²) in [4.78, 5) is 0. The Morgan fingerprint density at radius 2 is 1.25 bits per heavy atom. The fourth-order valence-corrected chi connectivity index (χ4v) is 4.72. The van der Waals surface area contributed by atoms with Gasteiger partial charge in [-0.2, -0.15) is 0 Å². The van der Waals surface area contributed by atoms with E-state index in [0.717, 1.165) is 37.5 Å². The van der Waals surface area contributed by atoms with Crippen molar-refractivity contribution < 1.29 is 8.42 Å². The summed E-state index contributed by atoms with van der Waals surface area (Å²) in [5.41, 5.74) is 0. The van der Waals surface area contributed by atoms with Crippen LogP contribution >= 0.6 is 0 Å². The number of rotatable bonds is 2. The molecule has 2 rings (SSSR count). The second kappa shape index (κ2) is 5.07. The molecule has 0 spiro atoms. The SMILES string of the molecule is CS(=O)(=O)[C@H]1CC[C@H](C2CCCCC2)CC1. The lowest BCUT2D eigenvalue weighted by molar-refractivity contribution is 0.197. The molecule has 0 unspecified atom stereocenters. The minimum Gasteiger partial charge on any atom is -0.229 e. The summed E-state index contributed by atoms with van der Waals surface area (Å²) in [6, 6.07) is 0. The van der Waals surface area contributed by atoms with E-state index in [9.17, 15) is 8.42 Å². The first-order chi connectivity index (χ1) is 7.57. The molecule has 0 radical (unpaired) electrons. The molecule has 0 aromatic heterocycles. The van der Waals surface area contributed by atoms with Crippen molar-refractivity contribution in [1.82, 2.24) is 0 Å². The van der Waals surface area contributed by atoms with Gasteiger partial charge in [-0.25, -0.2) is 8.42 Å². The van der Waals surface area contributed by atoms with Crippen molar-refractivity contribution in [2.24, 2.45) is 11.8 Å². The third kappa shape index (κ3) is 2.99. The van der Waals surface area contributed by atoms with Crippen LogP contribution in [0.1, 0.15) is 57.8 Å². The molecule has 0 heterocycles. The van der Waals surface area contributed by atoms with Gasteiger partial charge in [-0.3, -0.25) is 0 Å². The summed E-state index contributed by atoms with van der Waals surface area (Å²) in [6.45, 7) is 0. The third-order valence-corrected chi connectivity index (χ3v) is 6.32. The largest absolute Gasteiger partial charge is 0.229 e. The van der Waals surface area contributed by atoms with Crippen molar-refractivity contribution >= 4 is 9.84 Å². The maximum atomic E-state index is 11.5. The predicted molar refractivity (Wildman–Crippen MR) is 67.2 cm³/mol. The maximum absolute atomic E-state index is 11.5. The van der Waals surface area contributed by atoms with Crippen LogP contribution in [0.4, 0.5) is 0 Å². The second-order valence-electron chi connectivity index (χ2n) is 5.76. The molecule has 16 heavy (non-hydrogen) atoms. The van der Waals surface area contributed by atoms with Crippen LogP contribution in [-0.2, 0) is 9.84 Å². The van der Waals surface area contributed by atoms with Gasteiger partial charge in [0.25, 0.3) is 0 Å². The van der Waals surface area contributed by atoms with E-state index in [1.54, 1.807) is 0 Å². The Kier molecular flexibility index (Phi) is 3.93. The molecule has 2 nitrogen and oxygen atoms in total. The summed E-state index contributed by atoms with van der Waals surface area (Å²) >= 11 is 0. The monoisotopic (exact) mass is 244 g/mol. The van der Waals surface area contributed by atoms with Crippen molar-refractivity contribution in [3.8, 4) is 0 Å². The Labute approximate surface area is 99.7 Å². The summed E-state index contributed by atoms with van der Waals surface area (Å²) in [7, 11) is -2.78. The van der Waals surface area contributed by atoms with E-state index in [2.05, 4.69) is 0 Å². The van der Waals surface area contributed by atoms with E-state index >= 15 is 0 Å². The number of hydrogen-bond acceptors (Lipinski definition) is 2. The van der Waals surface area contributed by atoms with Crippen molar-refractivity contribution in [3.63, 3.8) is 0 Å². The van der Waals surface area contributed by atoms with Crippen molar-refractivity contribution in [2.45, 2.75) is 63.0 Å². The summed E-state index contributed by atoms with van der Waals surface area (Å²) in [6.07, 6.45) is 12.5. The highest BCUT2D eigenvalue weighted by Crippen LogP contribution is 2.39. The highest BCUT2D eigenvalue weighted by molar-refractivity contribution is 7.91. The normalized spacial score (nSPS) is 33.8. The van der Waals surface area contributed by atoms with E-state index in [4.69, 9.17) is 0 Å². The Bertz CT molecular complexity index is 307. The quantitative estimate of drug-likeness (QED) is 0.747. The van der Waals surface area contributed by atoms with Gasteiger partial charge in [-0.05, 0) is 37.5 Å². The molecule has 3 heteroatoms. The molecule has 2 saturated carbocycles. The first-order valence-corrected chi connectivity index (χ1v) is 8.71. The molecule has 0 aromatic carbocycles. The second-order valence-corrected chi connectivity index (χ2v) is 8.09. The molecule has 2 aliphatic rings. The van der Waals surface area contributed by atoms with Crippen LogP contribution in [0.15, 0.2) is 0 Å². The molecule has 94 valence electrons. The molecular formula is C13H24O2S. The number of sulfone groups is 1. The van der Waals surface area contributed by atoms with E-state index < -0.39 is 9.84 Å². The minimum absolute atomic E-state index is 0.0349. The van der Waals surface area contributed by atoms with Crippen LogP contribution in [0, 0.1) is 11.8 Å². The van der Waals surface area contributed by atoms with Crippen LogP contribution in [0.25, 0.3) is 0 Å². The standard InChI is InChI=1S/C13H24O2S/c1-16(14,15)13-9-7-12(8-10-13)11-5-3-2-4-6-11/h11-13H,2-10H2,1H3/t12-,13-. The van der Waals surface area contributed by atoms with Gasteiger partial charge in [0.05, 0.1) is 5.25 Å². The first kappa shape index (κ1) is 12.4. The average molecular weight is 244 g/mol. The van der Waals surface area contributed by atoms with Crippen molar-refractivity contribution in [2.75, 3.05) is 6.26 Å². The zero-order valence-electron chi connectivity index (χ0n) is 10.3. The molecule has 0 aliphatic heterocycles. The lowest BCUT2D eigenvalue weighted by atomic mass is 9.73. The summed E-state index contributed by atoms with van der Waals surface area (Å²) in [5, 5.41) is -0.0349. The zero-order chi connectivity index (χ0) is 11.6. The molecule has 2 fully saturated rings. The summed E-state index contributed by atoms with van der Waals surface area (Å²) in [5.74, 6) is 1.74. The third-order valence-electron chi connectivity index (χ3n) is 4.64. The molecule has 0 saturated heterocycles. The van der Waals surface area contributed by atoms with Gasteiger partial charge < -0.3 is 0 Å². The highest BCUT2D eigenvalue weighted by Gasteiger charge is 2.31. The van der Waals surface area contributed by atoms with E-state index in [-0.39, 0.29) is 5.25 Å². The van der Waals surface area contributed by atoms with Crippen LogP contribution in [0.3, 0.4) is 0 Å². The van der Waals surface area contributed by atoms with E-state index in [1.165, 1.54) is 38.4 Å². The Morgan fingerprint density at radius 3 is 1.75 bits per heavy atom. The van der Waals surface area contributed by atoms with Crippen LogP contribution in [-0.4, -0.2) is 19.9 Å². The van der Waals surface area contributed by atoms with Gasteiger partial charge in [-0.15, -0.1) is 0 Å². The fraction of sp³-hybridized carbons (Fsp3) is 1.00. The lowest BCUT2D eigenvalue weighted by Gasteiger charge is -2.35. The molecule has 0 atom stereocenters. The van der Waals surface area contributed by atoms with E-state index in [0.29, 0.717) is 0 Å². The summed E-state index contributed by atoms with van der Waals surface area (Å²) < 4.78 is 22.9. The molecule has 0 aromatic rings. The fourth-order valence-electron chi connectivity index (χ4n) is 3.59. The van der Waals surface area contributed by atoms with Crippen molar-refractivity contribution in [1.29, 1.82) is 0 Å². The Morgan fingerprint density at radius 1 is 0.750 bits per heavy atom. The number of hydrogen-bond donors (Lipinski definition) is 0. The zero-order valence-corrected chi connectivity index (χ0v) is 11.1. The smallest absolute Gasteiger partial charge is 0.150 e. The van der Waals surface area contributed by atoms with Crippen LogP contribution in [0.2, 0.25) is 0 Å². The van der Waals surface area contributed by atoms with Gasteiger partial charge >= 0.3 is 0 Å². The van der Waals surface area contributed by atoms with Crippen LogP contribution in [0.5, 0.6) is 0 Å². The molecule has 0 amide bonds. The van der Waals surface area contributed by atoms with Crippen molar-refractivity contribution in [3.05, 3.63) is 0 Å². The Hall–Kier alpha value is -0.0500. The Balaban J connectivity index is 1.85. The first-order valence-electron chi connectivity index (χ1n) is 6.76. The molecule has 0 bridgehead atoms. The van der Waals surface area contributed by atoms with Gasteiger partial charge in [0.2, 0.25) is 0 Å². The molecule has 0 N–H and O–H groups in total. The lowest BCUT2D eigenvalue weighted by Crippen LogP contribution is -2.29. The van der Waals surface area contributed by atoms with Gasteiger partial charge in [0.1, 0.15) is 9.84 Å². The van der Waals surface area contributed by atoms with Crippen LogP contribution < -0.4 is 0 Å². The van der Waals surface area contributed by atoms with E-state index in [1.807, 2.05) is 0 Å². The molecule has 2 aliphatic carbocycles. The molecular weight excluding hydrogens is 220 g/mol. The van der Waals surface area contributed by atoms with Gasteiger partial charge in [0.15, 0.2) is 0 Å². The van der Waals surface area contributed by atoms with Gasteiger partial charge in [-0.1, -0.05) is 32.1 Å². The topological polar surface area (TPSA) is 34.1 Å². The predicted octanol–water partition coefficient (Wildman–Crippen LogP) is 3.17. The minimum atomic E-state index is -2.78. The highest BCUT2D eigenvalue weighted by atomic mass is 32.2. The average Bonchev–Trinajstić information content (AvgIpc) is 2.29.